The van der Waals surface area contributed by atoms with E-state index in [1.54, 1.807) is 0 Å². The van der Waals surface area contributed by atoms with Gasteiger partial charge in [-0.05, 0) is 38.5 Å². The van der Waals surface area contributed by atoms with Crippen LogP contribution in [0.25, 0.3) is 20.4 Å². The second-order valence-electron chi connectivity index (χ2n) is 8.49. The van der Waals surface area contributed by atoms with Gasteiger partial charge in [-0.3, -0.25) is 14.2 Å². The van der Waals surface area contributed by atoms with Gasteiger partial charge in [-0.15, -0.1) is 11.3 Å². The van der Waals surface area contributed by atoms with Crippen LogP contribution in [0.4, 0.5) is 5.69 Å². The summed E-state index contributed by atoms with van der Waals surface area (Å²) in [5.74, 6) is -0.272. The highest BCUT2D eigenvalue weighted by Gasteiger charge is 2.28. The molecule has 158 valence electrons. The molecule has 0 radical (unpaired) electrons. The van der Waals surface area contributed by atoms with Gasteiger partial charge in [0.25, 0.3) is 5.56 Å². The number of hydrogen-bond donors (Lipinski definition) is 1. The highest BCUT2D eigenvalue weighted by molar-refractivity contribution is 7.25. The Hall–Kier alpha value is -3.10. The van der Waals surface area contributed by atoms with Crippen molar-refractivity contribution in [2.24, 2.45) is 0 Å². The van der Waals surface area contributed by atoms with E-state index in [-0.39, 0.29) is 23.6 Å². The maximum Gasteiger partial charge on any atom is 0.271 e. The number of nitrogens with zero attached hydrogens (tertiary/aromatic N) is 3. The number of pyridine rings is 1. The third-order valence-electron chi connectivity index (χ3n) is 5.55. The van der Waals surface area contributed by atoms with E-state index in [1.165, 1.54) is 22.2 Å². The van der Waals surface area contributed by atoms with Crippen LogP contribution in [0.2, 0.25) is 0 Å². The number of nitrogens with one attached hydrogen (secondary N) is 1. The first-order chi connectivity index (χ1) is 14.8. The average molecular weight is 435 g/mol. The van der Waals surface area contributed by atoms with Crippen molar-refractivity contribution in [2.75, 3.05) is 5.32 Å². The summed E-state index contributed by atoms with van der Waals surface area (Å²) in [5, 5.41) is 3.71. The number of anilines is 1. The van der Waals surface area contributed by atoms with Crippen LogP contribution in [0.3, 0.4) is 0 Å². The molecule has 4 heterocycles. The van der Waals surface area contributed by atoms with Crippen LogP contribution in [0.15, 0.2) is 41.5 Å². The number of carbonyl (C=O) groups excluding carboxylic acids is 1. The zero-order valence-corrected chi connectivity index (χ0v) is 18.4. The fourth-order valence-electron chi connectivity index (χ4n) is 3.85. The molecular weight excluding hydrogens is 412 g/mol. The smallest absolute Gasteiger partial charge is 0.271 e. The molecule has 0 fully saturated rings. The van der Waals surface area contributed by atoms with E-state index in [0.717, 1.165) is 39.1 Å². The molecule has 0 aliphatic carbocycles. The number of carbonyl (C=O) groups is 1. The molecule has 1 N–H and O–H groups in total. The molecule has 0 saturated carbocycles. The molecule has 3 aromatic heterocycles. The minimum absolute atomic E-state index is 0.101. The van der Waals surface area contributed by atoms with Gasteiger partial charge in [-0.1, -0.05) is 18.2 Å². The molecule has 0 unspecified atom stereocenters. The van der Waals surface area contributed by atoms with Crippen LogP contribution in [0.5, 0.6) is 0 Å². The van der Waals surface area contributed by atoms with E-state index in [4.69, 9.17) is 9.72 Å². The van der Waals surface area contributed by atoms with Crippen molar-refractivity contribution in [1.82, 2.24) is 14.5 Å². The van der Waals surface area contributed by atoms with Gasteiger partial charge in [0.1, 0.15) is 16.1 Å². The number of benzene rings is 1. The molecule has 1 aliphatic heterocycles. The maximum atomic E-state index is 13.1. The lowest BCUT2D eigenvalue weighted by atomic mass is 9.95. The predicted molar refractivity (Wildman–Crippen MR) is 122 cm³/mol. The summed E-state index contributed by atoms with van der Waals surface area (Å²) in [5.41, 5.74) is 3.88. The summed E-state index contributed by atoms with van der Waals surface area (Å²) in [6.45, 7) is 6.42. The van der Waals surface area contributed by atoms with Crippen molar-refractivity contribution in [3.8, 4) is 0 Å². The minimum atomic E-state index is -0.272. The molecule has 7 nitrogen and oxygen atoms in total. The molecule has 31 heavy (non-hydrogen) atoms. The summed E-state index contributed by atoms with van der Waals surface area (Å²) in [6.07, 6.45) is 2.16. The fraction of sp³-hybridized carbons (Fsp3) is 0.304. The minimum Gasteiger partial charge on any atom is -0.370 e. The summed E-state index contributed by atoms with van der Waals surface area (Å²) in [4.78, 5) is 35.7. The van der Waals surface area contributed by atoms with Crippen LogP contribution in [-0.2, 0) is 29.1 Å². The third-order valence-corrected chi connectivity index (χ3v) is 6.63. The largest absolute Gasteiger partial charge is 0.370 e. The van der Waals surface area contributed by atoms with E-state index in [0.29, 0.717) is 16.8 Å². The van der Waals surface area contributed by atoms with Crippen molar-refractivity contribution in [2.45, 2.75) is 45.9 Å². The monoisotopic (exact) mass is 434 g/mol. The van der Waals surface area contributed by atoms with E-state index >= 15 is 0 Å². The standard InChI is InChI=1S/C23H22N4O3S/c1-13-6-4-5-7-16(13)25-18(28)10-27-12-24-19-15-8-14-11-30-23(2,3)9-17(14)26-21(15)31-20(19)22(27)29/h4-8,12H,9-11H2,1-3H3,(H,25,28). The van der Waals surface area contributed by atoms with Crippen LogP contribution in [-0.4, -0.2) is 26.0 Å². The highest BCUT2D eigenvalue weighted by atomic mass is 32.1. The van der Waals surface area contributed by atoms with E-state index in [9.17, 15) is 9.59 Å². The molecule has 5 rings (SSSR count). The highest BCUT2D eigenvalue weighted by Crippen LogP contribution is 2.34. The number of amides is 1. The molecule has 0 saturated heterocycles. The lowest BCUT2D eigenvalue weighted by Gasteiger charge is -2.30. The molecule has 1 aromatic carbocycles. The number of hydrogen-bond acceptors (Lipinski definition) is 6. The third kappa shape index (κ3) is 3.62. The molecule has 1 amide bonds. The summed E-state index contributed by atoms with van der Waals surface area (Å²) in [6, 6.07) is 9.56. The number of ether oxygens (including phenoxy) is 1. The van der Waals surface area contributed by atoms with Gasteiger partial charge in [0, 0.05) is 23.1 Å². The molecule has 8 heteroatoms. The first kappa shape index (κ1) is 19.8. The molecule has 0 bridgehead atoms. The Kier molecular flexibility index (Phi) is 4.64. The summed E-state index contributed by atoms with van der Waals surface area (Å²) >= 11 is 1.33. The van der Waals surface area contributed by atoms with E-state index < -0.39 is 0 Å². The van der Waals surface area contributed by atoms with Crippen molar-refractivity contribution in [3.63, 3.8) is 0 Å². The van der Waals surface area contributed by atoms with Gasteiger partial charge in [-0.2, -0.15) is 0 Å². The van der Waals surface area contributed by atoms with Gasteiger partial charge < -0.3 is 10.1 Å². The van der Waals surface area contributed by atoms with Crippen molar-refractivity contribution < 1.29 is 9.53 Å². The topological polar surface area (TPSA) is 86.1 Å². The van der Waals surface area contributed by atoms with Crippen LogP contribution >= 0.6 is 11.3 Å². The number of thiophene rings is 1. The van der Waals surface area contributed by atoms with E-state index in [1.807, 2.05) is 37.3 Å². The Bertz CT molecular complexity index is 1400. The van der Waals surface area contributed by atoms with Crippen LogP contribution in [0.1, 0.15) is 30.7 Å². The van der Waals surface area contributed by atoms with Gasteiger partial charge in [0.05, 0.1) is 29.7 Å². The fourth-order valence-corrected chi connectivity index (χ4v) is 4.93. The molecule has 1 aliphatic rings. The Morgan fingerprint density at radius 2 is 2.13 bits per heavy atom. The lowest BCUT2D eigenvalue weighted by molar-refractivity contribution is -0.116. The van der Waals surface area contributed by atoms with Crippen molar-refractivity contribution >= 4 is 43.4 Å². The Labute approximate surface area is 182 Å². The Balaban J connectivity index is 1.49. The van der Waals surface area contributed by atoms with Crippen molar-refractivity contribution in [1.29, 1.82) is 0 Å². The number of aryl methyl sites for hydroxylation is 1. The zero-order chi connectivity index (χ0) is 21.8. The van der Waals surface area contributed by atoms with Gasteiger partial charge in [-0.25, -0.2) is 9.97 Å². The van der Waals surface area contributed by atoms with Gasteiger partial charge in [0.15, 0.2) is 0 Å². The van der Waals surface area contributed by atoms with Crippen molar-refractivity contribution in [3.05, 3.63) is 63.8 Å². The quantitative estimate of drug-likeness (QED) is 0.530. The second kappa shape index (κ2) is 7.25. The van der Waals surface area contributed by atoms with Crippen LogP contribution < -0.4 is 10.9 Å². The SMILES string of the molecule is Cc1ccccc1NC(=O)Cn1cnc2c(sc3nc4c(cc32)COC(C)(C)C4)c1=O. The first-order valence-electron chi connectivity index (χ1n) is 10.1. The molecular formula is C23H22N4O3S. The number of fused-ring (bicyclic) bond motifs is 4. The first-order valence-corrected chi connectivity index (χ1v) is 10.9. The molecule has 0 spiro atoms. The average Bonchev–Trinajstić information content (AvgIpc) is 3.08. The Morgan fingerprint density at radius 1 is 1.32 bits per heavy atom. The maximum absolute atomic E-state index is 13.1. The normalized spacial score (nSPS) is 15.2. The zero-order valence-electron chi connectivity index (χ0n) is 17.6. The summed E-state index contributed by atoms with van der Waals surface area (Å²) < 4.78 is 7.76. The molecule has 4 aromatic rings. The van der Waals surface area contributed by atoms with E-state index in [2.05, 4.69) is 24.1 Å². The van der Waals surface area contributed by atoms with Gasteiger partial charge >= 0.3 is 0 Å². The lowest BCUT2D eigenvalue weighted by Crippen LogP contribution is -2.32. The number of para-hydroxylation sites is 1. The predicted octanol–water partition coefficient (Wildman–Crippen LogP) is 3.80. The number of rotatable bonds is 3. The van der Waals surface area contributed by atoms with Crippen LogP contribution in [0, 0.1) is 6.92 Å². The summed E-state index contributed by atoms with van der Waals surface area (Å²) in [7, 11) is 0. The van der Waals surface area contributed by atoms with Gasteiger partial charge in [0.2, 0.25) is 5.91 Å². The number of aromatic nitrogens is 3. The Morgan fingerprint density at radius 3 is 2.94 bits per heavy atom. The second-order valence-corrected chi connectivity index (χ2v) is 9.49. The molecule has 0 atom stereocenters.